The third-order valence-corrected chi connectivity index (χ3v) is 3.86. The van der Waals surface area contributed by atoms with Crippen molar-refractivity contribution in [2.24, 2.45) is 0 Å². The van der Waals surface area contributed by atoms with Crippen molar-refractivity contribution in [3.8, 4) is 0 Å². The van der Waals surface area contributed by atoms with Gasteiger partial charge in [0.2, 0.25) is 0 Å². The second-order valence-corrected chi connectivity index (χ2v) is 5.34. The molecule has 3 rings (SSSR count). The lowest BCUT2D eigenvalue weighted by Crippen LogP contribution is -2.43. The Labute approximate surface area is 110 Å². The average Bonchev–Trinajstić information content (AvgIpc) is 2.63. The minimum absolute atomic E-state index is 0.295. The van der Waals surface area contributed by atoms with Gasteiger partial charge in [-0.05, 0) is 18.9 Å². The normalized spacial score (nSPS) is 27.5. The van der Waals surface area contributed by atoms with Gasteiger partial charge in [0.25, 0.3) is 0 Å². The highest BCUT2D eigenvalue weighted by Gasteiger charge is 2.35. The van der Waals surface area contributed by atoms with Gasteiger partial charge in [0, 0.05) is 13.1 Å². The summed E-state index contributed by atoms with van der Waals surface area (Å²) in [4.78, 5) is 6.42. The molecule has 0 aliphatic carbocycles. The Morgan fingerprint density at radius 1 is 1.24 bits per heavy atom. The number of pyridine rings is 1. The standard InChI is InChI=1S/C11H13Cl2N3O/c12-8-3-9(13)11(15-10(8)14)16-4-6-1-2-7(5-16)17-6/h3,6-7H,1-2,4-5H2,(H2,14,15). The summed E-state index contributed by atoms with van der Waals surface area (Å²) in [6.45, 7) is 1.65. The van der Waals surface area contributed by atoms with Gasteiger partial charge in [0.05, 0.1) is 22.3 Å². The smallest absolute Gasteiger partial charge is 0.150 e. The molecule has 4 nitrogen and oxygen atoms in total. The lowest BCUT2D eigenvalue weighted by atomic mass is 10.2. The van der Waals surface area contributed by atoms with Crippen molar-refractivity contribution < 1.29 is 4.74 Å². The molecule has 3 heterocycles. The first-order valence-electron chi connectivity index (χ1n) is 5.65. The van der Waals surface area contributed by atoms with Crippen LogP contribution in [0.1, 0.15) is 12.8 Å². The van der Waals surface area contributed by atoms with E-state index < -0.39 is 0 Å². The number of ether oxygens (including phenoxy) is 1. The highest BCUT2D eigenvalue weighted by atomic mass is 35.5. The molecule has 2 N–H and O–H groups in total. The van der Waals surface area contributed by atoms with Crippen molar-refractivity contribution in [2.45, 2.75) is 25.0 Å². The fourth-order valence-corrected chi connectivity index (χ4v) is 2.96. The van der Waals surface area contributed by atoms with Crippen LogP contribution in [0.4, 0.5) is 11.6 Å². The van der Waals surface area contributed by atoms with Gasteiger partial charge in [0.15, 0.2) is 0 Å². The number of hydrogen-bond acceptors (Lipinski definition) is 4. The molecule has 2 atom stereocenters. The van der Waals surface area contributed by atoms with Crippen molar-refractivity contribution in [1.82, 2.24) is 4.98 Å². The van der Waals surface area contributed by atoms with Gasteiger partial charge in [-0.1, -0.05) is 23.2 Å². The summed E-state index contributed by atoms with van der Waals surface area (Å²) in [6, 6.07) is 1.65. The summed E-state index contributed by atoms with van der Waals surface area (Å²) in [5.41, 5.74) is 5.72. The third kappa shape index (κ3) is 2.05. The van der Waals surface area contributed by atoms with Crippen molar-refractivity contribution in [3.63, 3.8) is 0 Å². The van der Waals surface area contributed by atoms with E-state index in [0.29, 0.717) is 33.9 Å². The topological polar surface area (TPSA) is 51.4 Å². The van der Waals surface area contributed by atoms with Crippen LogP contribution in [0.2, 0.25) is 10.0 Å². The molecule has 0 radical (unpaired) electrons. The van der Waals surface area contributed by atoms with E-state index in [9.17, 15) is 0 Å². The van der Waals surface area contributed by atoms with Gasteiger partial charge in [0.1, 0.15) is 11.6 Å². The van der Waals surface area contributed by atoms with Gasteiger partial charge < -0.3 is 15.4 Å². The van der Waals surface area contributed by atoms with Crippen LogP contribution >= 0.6 is 23.2 Å². The van der Waals surface area contributed by atoms with Crippen LogP contribution in [0.25, 0.3) is 0 Å². The monoisotopic (exact) mass is 273 g/mol. The van der Waals surface area contributed by atoms with Crippen LogP contribution in [0.5, 0.6) is 0 Å². The summed E-state index contributed by atoms with van der Waals surface area (Å²) in [7, 11) is 0. The van der Waals surface area contributed by atoms with Crippen molar-refractivity contribution in [1.29, 1.82) is 0 Å². The maximum Gasteiger partial charge on any atom is 0.150 e. The second kappa shape index (κ2) is 4.19. The van der Waals surface area contributed by atoms with E-state index in [2.05, 4.69) is 9.88 Å². The van der Waals surface area contributed by atoms with Gasteiger partial charge in [-0.15, -0.1) is 0 Å². The molecule has 0 aromatic carbocycles. The lowest BCUT2D eigenvalue weighted by Gasteiger charge is -2.33. The molecular formula is C11H13Cl2N3O. The zero-order chi connectivity index (χ0) is 12.0. The Balaban J connectivity index is 1.91. The van der Waals surface area contributed by atoms with Crippen LogP contribution < -0.4 is 10.6 Å². The predicted molar refractivity (Wildman–Crippen MR) is 68.8 cm³/mol. The third-order valence-electron chi connectivity index (χ3n) is 3.28. The van der Waals surface area contributed by atoms with Gasteiger partial charge in [-0.3, -0.25) is 0 Å². The molecule has 0 saturated carbocycles. The maximum atomic E-state index is 6.17. The van der Waals surface area contributed by atoms with E-state index in [1.54, 1.807) is 6.07 Å². The van der Waals surface area contributed by atoms with Crippen LogP contribution in [-0.4, -0.2) is 30.3 Å². The molecule has 2 saturated heterocycles. The maximum absolute atomic E-state index is 6.17. The van der Waals surface area contributed by atoms with E-state index in [4.69, 9.17) is 33.7 Å². The van der Waals surface area contributed by atoms with E-state index in [0.717, 1.165) is 25.9 Å². The predicted octanol–water partition coefficient (Wildman–Crippen LogP) is 2.34. The quantitative estimate of drug-likeness (QED) is 0.854. The molecule has 0 amide bonds. The summed E-state index contributed by atoms with van der Waals surface area (Å²) >= 11 is 12.0. The number of fused-ring (bicyclic) bond motifs is 2. The molecule has 0 spiro atoms. The van der Waals surface area contributed by atoms with Crippen molar-refractivity contribution in [2.75, 3.05) is 23.7 Å². The Bertz CT molecular complexity index is 443. The zero-order valence-corrected chi connectivity index (χ0v) is 10.7. The molecule has 2 bridgehead atoms. The first-order valence-corrected chi connectivity index (χ1v) is 6.41. The van der Waals surface area contributed by atoms with E-state index in [-0.39, 0.29) is 0 Å². The van der Waals surface area contributed by atoms with E-state index in [1.807, 2.05) is 0 Å². The highest BCUT2D eigenvalue weighted by molar-refractivity contribution is 6.37. The number of anilines is 2. The molecule has 2 aliphatic heterocycles. The van der Waals surface area contributed by atoms with Gasteiger partial charge in [-0.25, -0.2) is 4.98 Å². The Kier molecular flexibility index (Phi) is 2.81. The van der Waals surface area contributed by atoms with Crippen molar-refractivity contribution in [3.05, 3.63) is 16.1 Å². The molecule has 92 valence electrons. The number of morpholine rings is 1. The first-order chi connectivity index (χ1) is 8.13. The van der Waals surface area contributed by atoms with Crippen molar-refractivity contribution >= 4 is 34.8 Å². The summed E-state index contributed by atoms with van der Waals surface area (Å²) in [6.07, 6.45) is 2.82. The zero-order valence-electron chi connectivity index (χ0n) is 9.20. The molecule has 2 aliphatic rings. The summed E-state index contributed by atoms with van der Waals surface area (Å²) in [5, 5.41) is 0.945. The second-order valence-electron chi connectivity index (χ2n) is 4.52. The summed E-state index contributed by atoms with van der Waals surface area (Å²) in [5.74, 6) is 1.04. The number of rotatable bonds is 1. The minimum Gasteiger partial charge on any atom is -0.382 e. The molecule has 2 unspecified atom stereocenters. The fourth-order valence-electron chi connectivity index (χ4n) is 2.48. The Morgan fingerprint density at radius 3 is 2.53 bits per heavy atom. The van der Waals surface area contributed by atoms with Gasteiger partial charge >= 0.3 is 0 Å². The number of aromatic nitrogens is 1. The Morgan fingerprint density at radius 2 is 1.88 bits per heavy atom. The number of nitrogens with two attached hydrogens (primary N) is 1. The Hall–Kier alpha value is -0.710. The largest absolute Gasteiger partial charge is 0.382 e. The van der Waals surface area contributed by atoms with Crippen LogP contribution in [0.3, 0.4) is 0 Å². The van der Waals surface area contributed by atoms with Crippen LogP contribution in [0.15, 0.2) is 6.07 Å². The van der Waals surface area contributed by atoms with E-state index in [1.165, 1.54) is 0 Å². The average molecular weight is 274 g/mol. The highest BCUT2D eigenvalue weighted by Crippen LogP contribution is 2.34. The molecule has 6 heteroatoms. The molecular weight excluding hydrogens is 261 g/mol. The lowest BCUT2D eigenvalue weighted by molar-refractivity contribution is 0.0302. The number of hydrogen-bond donors (Lipinski definition) is 1. The summed E-state index contributed by atoms with van der Waals surface area (Å²) < 4.78 is 5.77. The number of nitrogens with zero attached hydrogens (tertiary/aromatic N) is 2. The number of nitrogen functional groups attached to an aromatic ring is 1. The SMILES string of the molecule is Nc1nc(N2CC3CCC(C2)O3)c(Cl)cc1Cl. The molecule has 1 aromatic rings. The minimum atomic E-state index is 0.295. The molecule has 2 fully saturated rings. The van der Waals surface area contributed by atoms with Gasteiger partial charge in [-0.2, -0.15) is 0 Å². The van der Waals surface area contributed by atoms with E-state index >= 15 is 0 Å². The van der Waals surface area contributed by atoms with Crippen LogP contribution in [-0.2, 0) is 4.74 Å². The fraction of sp³-hybridized carbons (Fsp3) is 0.545. The van der Waals surface area contributed by atoms with Crippen LogP contribution in [0, 0.1) is 0 Å². The molecule has 1 aromatic heterocycles. The molecule has 17 heavy (non-hydrogen) atoms. The first kappa shape index (κ1) is 11.4. The number of halogens is 2.